The summed E-state index contributed by atoms with van der Waals surface area (Å²) >= 11 is 0. The maximum Gasteiger partial charge on any atom is 0.277 e. The van der Waals surface area contributed by atoms with E-state index < -0.39 is 0 Å². The fourth-order valence-corrected chi connectivity index (χ4v) is 3.20. The molecule has 6 heteroatoms. The van der Waals surface area contributed by atoms with E-state index in [1.807, 2.05) is 19.9 Å². The number of hydrazone groups is 1. The Morgan fingerprint density at radius 2 is 2.22 bits per heavy atom. The van der Waals surface area contributed by atoms with Gasteiger partial charge in [0.1, 0.15) is 5.57 Å². The number of H-pyrrole nitrogens is 1. The number of fused-ring (bicyclic) bond motifs is 1. The third-order valence-corrected chi connectivity index (χ3v) is 4.22. The van der Waals surface area contributed by atoms with Crippen LogP contribution < -0.4 is 5.43 Å². The summed E-state index contributed by atoms with van der Waals surface area (Å²) in [4.78, 5) is 17.7. The summed E-state index contributed by atoms with van der Waals surface area (Å²) in [6.45, 7) is 3.83. The average molecular weight is 316 g/mol. The van der Waals surface area contributed by atoms with Gasteiger partial charge < -0.3 is 14.6 Å². The van der Waals surface area contributed by atoms with Gasteiger partial charge in [-0.3, -0.25) is 4.79 Å². The largest absolute Gasteiger partial charge is 0.473 e. The molecule has 3 rings (SSSR count). The predicted octanol–water partition coefficient (Wildman–Crippen LogP) is 2.21. The number of amides is 1. The first-order valence-electron chi connectivity index (χ1n) is 8.10. The van der Waals surface area contributed by atoms with Crippen molar-refractivity contribution in [2.75, 3.05) is 14.1 Å². The van der Waals surface area contributed by atoms with Gasteiger partial charge in [-0.15, -0.1) is 5.10 Å². The lowest BCUT2D eigenvalue weighted by molar-refractivity contribution is -0.116. The van der Waals surface area contributed by atoms with Gasteiger partial charge in [0.25, 0.3) is 5.91 Å². The van der Waals surface area contributed by atoms with Crippen LogP contribution in [-0.2, 0) is 16.0 Å². The van der Waals surface area contributed by atoms with Gasteiger partial charge in [-0.25, -0.2) is 5.43 Å². The minimum absolute atomic E-state index is 0.0279. The van der Waals surface area contributed by atoms with Gasteiger partial charge in [-0.2, -0.15) is 0 Å². The van der Waals surface area contributed by atoms with Crippen LogP contribution in [0.2, 0.25) is 0 Å². The monoisotopic (exact) mass is 316 g/mol. The fourth-order valence-electron chi connectivity index (χ4n) is 3.20. The maximum absolute atomic E-state index is 12.0. The van der Waals surface area contributed by atoms with E-state index in [1.165, 1.54) is 17.7 Å². The smallest absolute Gasteiger partial charge is 0.277 e. The molecule has 2 aliphatic rings. The summed E-state index contributed by atoms with van der Waals surface area (Å²) < 4.78 is 5.60. The molecular weight excluding hydrogens is 292 g/mol. The summed E-state index contributed by atoms with van der Waals surface area (Å²) in [7, 11) is 4.22. The Kier molecular flexibility index (Phi) is 4.26. The van der Waals surface area contributed by atoms with Crippen LogP contribution in [0.4, 0.5) is 0 Å². The van der Waals surface area contributed by atoms with E-state index in [2.05, 4.69) is 40.6 Å². The number of nitrogens with zero attached hydrogens (tertiary/aromatic N) is 2. The van der Waals surface area contributed by atoms with E-state index in [0.29, 0.717) is 17.5 Å². The molecule has 1 amide bonds. The van der Waals surface area contributed by atoms with Crippen molar-refractivity contribution in [2.24, 2.45) is 5.10 Å². The van der Waals surface area contributed by atoms with Crippen molar-refractivity contribution < 1.29 is 9.53 Å². The van der Waals surface area contributed by atoms with Crippen molar-refractivity contribution in [1.82, 2.24) is 15.3 Å². The van der Waals surface area contributed by atoms with Gasteiger partial charge >= 0.3 is 0 Å². The van der Waals surface area contributed by atoms with Crippen LogP contribution in [0.3, 0.4) is 0 Å². The summed E-state index contributed by atoms with van der Waals surface area (Å²) in [5.41, 5.74) is 6.46. The van der Waals surface area contributed by atoms with Crippen LogP contribution in [0.1, 0.15) is 49.7 Å². The van der Waals surface area contributed by atoms with Crippen LogP contribution in [0.15, 0.2) is 16.7 Å². The SMILES string of the molecule is CC(C)OC1=NNC(=O)C1=Cc1cc2c([nH]1)CCCC2N(C)C. The first kappa shape index (κ1) is 15.8. The van der Waals surface area contributed by atoms with Crippen LogP contribution in [0, 0.1) is 0 Å². The van der Waals surface area contributed by atoms with Crippen molar-refractivity contribution in [3.05, 3.63) is 28.6 Å². The van der Waals surface area contributed by atoms with Crippen LogP contribution >= 0.6 is 0 Å². The van der Waals surface area contributed by atoms with Crippen LogP contribution in [-0.4, -0.2) is 41.9 Å². The first-order chi connectivity index (χ1) is 11.0. The number of ether oxygens (including phenoxy) is 1. The molecule has 1 aromatic rings. The van der Waals surface area contributed by atoms with Crippen molar-refractivity contribution in [3.8, 4) is 0 Å². The van der Waals surface area contributed by atoms with Gasteiger partial charge in [-0.1, -0.05) is 0 Å². The van der Waals surface area contributed by atoms with Crippen molar-refractivity contribution in [3.63, 3.8) is 0 Å². The highest BCUT2D eigenvalue weighted by Gasteiger charge is 2.27. The molecule has 2 N–H and O–H groups in total. The van der Waals surface area contributed by atoms with E-state index in [1.54, 1.807) is 0 Å². The van der Waals surface area contributed by atoms with E-state index in [0.717, 1.165) is 18.5 Å². The molecule has 1 aliphatic carbocycles. The molecule has 0 bridgehead atoms. The van der Waals surface area contributed by atoms with Gasteiger partial charge in [-0.05, 0) is 64.9 Å². The molecule has 1 aromatic heterocycles. The number of aromatic nitrogens is 1. The third kappa shape index (κ3) is 3.17. The van der Waals surface area contributed by atoms with Gasteiger partial charge in [0.05, 0.1) is 6.10 Å². The van der Waals surface area contributed by atoms with Gasteiger partial charge in [0, 0.05) is 17.4 Å². The molecule has 0 radical (unpaired) electrons. The lowest BCUT2D eigenvalue weighted by atomic mass is 9.92. The number of aryl methyl sites for hydroxylation is 1. The topological polar surface area (TPSA) is 69.7 Å². The Balaban J connectivity index is 1.91. The summed E-state index contributed by atoms with van der Waals surface area (Å²) in [5.74, 6) is 0.138. The van der Waals surface area contributed by atoms with Crippen molar-refractivity contribution in [2.45, 2.75) is 45.3 Å². The predicted molar refractivity (Wildman–Crippen MR) is 89.9 cm³/mol. The van der Waals surface area contributed by atoms with E-state index in [-0.39, 0.29) is 12.0 Å². The number of carbonyl (C=O) groups excluding carboxylic acids is 1. The Bertz CT molecular complexity index is 670. The Labute approximate surface area is 136 Å². The molecule has 0 fully saturated rings. The fraction of sp³-hybridized carbons (Fsp3) is 0.529. The molecular formula is C17H24N4O2. The van der Waals surface area contributed by atoms with E-state index in [9.17, 15) is 4.79 Å². The maximum atomic E-state index is 12.0. The molecule has 1 atom stereocenters. The zero-order valence-electron chi connectivity index (χ0n) is 14.1. The summed E-state index contributed by atoms with van der Waals surface area (Å²) in [5, 5.41) is 3.96. The quantitative estimate of drug-likeness (QED) is 0.840. The number of rotatable bonds is 3. The lowest BCUT2D eigenvalue weighted by Crippen LogP contribution is -2.23. The van der Waals surface area contributed by atoms with Crippen LogP contribution in [0.25, 0.3) is 6.08 Å². The molecule has 1 unspecified atom stereocenters. The molecule has 23 heavy (non-hydrogen) atoms. The van der Waals surface area contributed by atoms with E-state index >= 15 is 0 Å². The summed E-state index contributed by atoms with van der Waals surface area (Å²) in [6.07, 6.45) is 5.19. The lowest BCUT2D eigenvalue weighted by Gasteiger charge is -2.28. The van der Waals surface area contributed by atoms with E-state index in [4.69, 9.17) is 4.74 Å². The highest BCUT2D eigenvalue weighted by atomic mass is 16.5. The standard InChI is InChI=1S/C17H24N4O2/c1-10(2)23-17-13(16(22)19-20-17)9-11-8-12-14(18-11)6-5-7-15(12)21(3)4/h8-10,15,18H,5-7H2,1-4H3,(H,19,22). The second kappa shape index (κ2) is 6.20. The molecule has 124 valence electrons. The second-order valence-corrected chi connectivity index (χ2v) is 6.61. The zero-order valence-corrected chi connectivity index (χ0v) is 14.1. The first-order valence-corrected chi connectivity index (χ1v) is 8.10. The minimum atomic E-state index is -0.225. The molecule has 0 saturated carbocycles. The number of nitrogens with one attached hydrogen (secondary N) is 2. The Morgan fingerprint density at radius 3 is 2.91 bits per heavy atom. The molecule has 6 nitrogen and oxygen atoms in total. The second-order valence-electron chi connectivity index (χ2n) is 6.61. The molecule has 0 saturated heterocycles. The van der Waals surface area contributed by atoms with Gasteiger partial charge in [0.15, 0.2) is 0 Å². The van der Waals surface area contributed by atoms with Crippen molar-refractivity contribution >= 4 is 17.9 Å². The molecule has 1 aliphatic heterocycles. The molecule has 0 spiro atoms. The van der Waals surface area contributed by atoms with Crippen LogP contribution in [0.5, 0.6) is 0 Å². The zero-order chi connectivity index (χ0) is 16.6. The Morgan fingerprint density at radius 1 is 1.43 bits per heavy atom. The molecule has 0 aromatic carbocycles. The third-order valence-electron chi connectivity index (χ3n) is 4.22. The normalized spacial score (nSPS) is 22.5. The number of hydrogen-bond donors (Lipinski definition) is 2. The summed E-state index contributed by atoms with van der Waals surface area (Å²) in [6, 6.07) is 2.57. The highest BCUT2D eigenvalue weighted by molar-refractivity contribution is 6.24. The minimum Gasteiger partial charge on any atom is -0.473 e. The number of hydrogen-bond acceptors (Lipinski definition) is 4. The average Bonchev–Trinajstić information content (AvgIpc) is 3.04. The number of aromatic amines is 1. The molecule has 2 heterocycles. The number of carbonyl (C=O) groups is 1. The van der Waals surface area contributed by atoms with Gasteiger partial charge in [0.2, 0.25) is 5.90 Å². The highest BCUT2D eigenvalue weighted by Crippen LogP contribution is 2.33. The Hall–Kier alpha value is -2.08. The van der Waals surface area contributed by atoms with Crippen molar-refractivity contribution in [1.29, 1.82) is 0 Å².